The second-order valence-electron chi connectivity index (χ2n) is 4.09. The van der Waals surface area contributed by atoms with Gasteiger partial charge in [-0.15, -0.1) is 0 Å². The molecule has 2 rings (SSSR count). The van der Waals surface area contributed by atoms with Crippen molar-refractivity contribution in [3.05, 3.63) is 58.1 Å². The maximum atomic E-state index is 13.8. The van der Waals surface area contributed by atoms with Crippen molar-refractivity contribution in [2.75, 3.05) is 0 Å². The van der Waals surface area contributed by atoms with Gasteiger partial charge in [0.2, 0.25) is 0 Å². The van der Waals surface area contributed by atoms with Gasteiger partial charge in [0, 0.05) is 23.2 Å². The third-order valence-electron chi connectivity index (χ3n) is 2.83. The second kappa shape index (κ2) is 5.04. The Kier molecular flexibility index (Phi) is 3.64. The van der Waals surface area contributed by atoms with Crippen molar-refractivity contribution in [1.82, 2.24) is 0 Å². The van der Waals surface area contributed by atoms with Gasteiger partial charge in [0.05, 0.1) is 0 Å². The number of nitrogens with two attached hydrogens (primary N) is 1. The highest BCUT2D eigenvalue weighted by Gasteiger charge is 2.12. The number of rotatable bonds is 2. The van der Waals surface area contributed by atoms with Gasteiger partial charge < -0.3 is 5.73 Å². The maximum Gasteiger partial charge on any atom is 0.133 e. The van der Waals surface area contributed by atoms with E-state index in [2.05, 4.69) is 0 Å². The van der Waals surface area contributed by atoms with Crippen molar-refractivity contribution < 1.29 is 8.78 Å². The van der Waals surface area contributed by atoms with E-state index in [0.717, 1.165) is 11.6 Å². The molecule has 1 nitrogen and oxygen atoms in total. The van der Waals surface area contributed by atoms with Gasteiger partial charge in [-0.3, -0.25) is 0 Å². The van der Waals surface area contributed by atoms with Crippen molar-refractivity contribution in [2.45, 2.75) is 13.5 Å². The van der Waals surface area contributed by atoms with Crippen LogP contribution in [-0.4, -0.2) is 0 Å². The largest absolute Gasteiger partial charge is 0.326 e. The predicted octanol–water partition coefficient (Wildman–Crippen LogP) is 4.05. The minimum atomic E-state index is -0.616. The van der Waals surface area contributed by atoms with Crippen LogP contribution >= 0.6 is 11.6 Å². The van der Waals surface area contributed by atoms with E-state index in [0.29, 0.717) is 21.7 Å². The molecule has 0 aliphatic heterocycles. The quantitative estimate of drug-likeness (QED) is 0.873. The zero-order valence-electron chi connectivity index (χ0n) is 9.81. The molecule has 0 atom stereocenters. The van der Waals surface area contributed by atoms with E-state index in [1.807, 2.05) is 0 Å². The van der Waals surface area contributed by atoms with Gasteiger partial charge in [-0.25, -0.2) is 8.78 Å². The Morgan fingerprint density at radius 3 is 2.44 bits per heavy atom. The molecule has 0 fully saturated rings. The van der Waals surface area contributed by atoms with E-state index in [-0.39, 0.29) is 6.54 Å². The predicted molar refractivity (Wildman–Crippen MR) is 69.4 cm³/mol. The van der Waals surface area contributed by atoms with Crippen LogP contribution in [0.4, 0.5) is 8.78 Å². The Hall–Kier alpha value is -1.45. The summed E-state index contributed by atoms with van der Waals surface area (Å²) >= 11 is 5.91. The fourth-order valence-corrected chi connectivity index (χ4v) is 2.01. The molecule has 94 valence electrons. The van der Waals surface area contributed by atoms with Crippen LogP contribution in [0.15, 0.2) is 30.3 Å². The zero-order valence-corrected chi connectivity index (χ0v) is 10.6. The number of aryl methyl sites for hydroxylation is 1. The molecule has 0 spiro atoms. The van der Waals surface area contributed by atoms with Gasteiger partial charge in [-0.05, 0) is 41.8 Å². The molecule has 2 N–H and O–H groups in total. The summed E-state index contributed by atoms with van der Waals surface area (Å²) in [5, 5.41) is 0.489. The lowest BCUT2D eigenvalue weighted by Gasteiger charge is -2.11. The average Bonchev–Trinajstić information content (AvgIpc) is 2.34. The molecule has 0 amide bonds. The first-order valence-electron chi connectivity index (χ1n) is 5.47. The van der Waals surface area contributed by atoms with Gasteiger partial charge in [-0.1, -0.05) is 17.7 Å². The van der Waals surface area contributed by atoms with Crippen LogP contribution in [0.3, 0.4) is 0 Å². The average molecular weight is 268 g/mol. The first-order chi connectivity index (χ1) is 8.52. The maximum absolute atomic E-state index is 13.8. The highest BCUT2D eigenvalue weighted by Crippen LogP contribution is 2.30. The number of halogens is 3. The summed E-state index contributed by atoms with van der Waals surface area (Å²) in [5.41, 5.74) is 7.69. The second-order valence-corrected chi connectivity index (χ2v) is 4.52. The smallest absolute Gasteiger partial charge is 0.133 e. The van der Waals surface area contributed by atoms with Crippen molar-refractivity contribution >= 4 is 11.6 Å². The van der Waals surface area contributed by atoms with E-state index in [4.69, 9.17) is 17.3 Å². The molecule has 0 unspecified atom stereocenters. The van der Waals surface area contributed by atoms with Crippen LogP contribution in [0, 0.1) is 18.6 Å². The van der Waals surface area contributed by atoms with Crippen molar-refractivity contribution in [2.24, 2.45) is 5.73 Å². The Bertz CT molecular complexity index is 597. The summed E-state index contributed by atoms with van der Waals surface area (Å²) in [6.45, 7) is 1.85. The van der Waals surface area contributed by atoms with Gasteiger partial charge in [0.25, 0.3) is 0 Å². The summed E-state index contributed by atoms with van der Waals surface area (Å²) in [6, 6.07) is 7.43. The zero-order chi connectivity index (χ0) is 13.3. The minimum absolute atomic E-state index is 0.266. The molecule has 0 saturated heterocycles. The first kappa shape index (κ1) is 13.0. The summed E-state index contributed by atoms with van der Waals surface area (Å²) < 4.78 is 27.1. The van der Waals surface area contributed by atoms with Crippen LogP contribution in [0.5, 0.6) is 0 Å². The van der Waals surface area contributed by atoms with Gasteiger partial charge >= 0.3 is 0 Å². The summed E-state index contributed by atoms with van der Waals surface area (Å²) in [6.07, 6.45) is 0. The summed E-state index contributed by atoms with van der Waals surface area (Å²) in [7, 11) is 0. The van der Waals surface area contributed by atoms with E-state index in [1.165, 1.54) is 6.07 Å². The molecule has 0 bridgehead atoms. The molecule has 2 aromatic rings. The standard InChI is InChI=1S/C14H12ClF2N/c1-8-4-12(14(17)6-13(8)16)11-5-10(15)3-2-9(11)7-18/h2-6H,7,18H2,1H3. The lowest BCUT2D eigenvalue weighted by molar-refractivity contribution is 0.579. The number of benzene rings is 2. The fourth-order valence-electron chi connectivity index (χ4n) is 1.84. The molecule has 2 aromatic carbocycles. The summed E-state index contributed by atoms with van der Waals surface area (Å²) in [5.74, 6) is -1.18. The third-order valence-corrected chi connectivity index (χ3v) is 3.07. The number of hydrogen-bond acceptors (Lipinski definition) is 1. The Morgan fingerprint density at radius 1 is 1.06 bits per heavy atom. The third kappa shape index (κ3) is 2.37. The first-order valence-corrected chi connectivity index (χ1v) is 5.85. The lowest BCUT2D eigenvalue weighted by Crippen LogP contribution is -2.00. The van der Waals surface area contributed by atoms with E-state index in [9.17, 15) is 8.78 Å². The van der Waals surface area contributed by atoms with Gasteiger partial charge in [0.15, 0.2) is 0 Å². The Balaban J connectivity index is 2.68. The van der Waals surface area contributed by atoms with Crippen molar-refractivity contribution in [1.29, 1.82) is 0 Å². The van der Waals surface area contributed by atoms with Crippen LogP contribution in [-0.2, 0) is 6.54 Å². The lowest BCUT2D eigenvalue weighted by atomic mass is 9.97. The van der Waals surface area contributed by atoms with Crippen LogP contribution < -0.4 is 5.73 Å². The monoisotopic (exact) mass is 267 g/mol. The summed E-state index contributed by atoms with van der Waals surface area (Å²) in [4.78, 5) is 0. The molecule has 4 heteroatoms. The Morgan fingerprint density at radius 2 is 1.78 bits per heavy atom. The molecule has 0 saturated carbocycles. The molecule has 0 heterocycles. The van der Waals surface area contributed by atoms with Crippen LogP contribution in [0.1, 0.15) is 11.1 Å². The fraction of sp³-hybridized carbons (Fsp3) is 0.143. The van der Waals surface area contributed by atoms with Crippen LogP contribution in [0.2, 0.25) is 5.02 Å². The number of hydrogen-bond donors (Lipinski definition) is 1. The normalized spacial score (nSPS) is 10.7. The van der Waals surface area contributed by atoms with Gasteiger partial charge in [-0.2, -0.15) is 0 Å². The Labute approximate surface area is 109 Å². The van der Waals surface area contributed by atoms with Crippen molar-refractivity contribution in [3.8, 4) is 11.1 Å². The van der Waals surface area contributed by atoms with E-state index < -0.39 is 11.6 Å². The van der Waals surface area contributed by atoms with Crippen LogP contribution in [0.25, 0.3) is 11.1 Å². The molecular weight excluding hydrogens is 256 g/mol. The van der Waals surface area contributed by atoms with E-state index in [1.54, 1.807) is 25.1 Å². The minimum Gasteiger partial charge on any atom is -0.326 e. The molecule has 0 radical (unpaired) electrons. The molecule has 0 aromatic heterocycles. The van der Waals surface area contributed by atoms with Gasteiger partial charge in [0.1, 0.15) is 11.6 Å². The molecule has 0 aliphatic rings. The molecule has 18 heavy (non-hydrogen) atoms. The van der Waals surface area contributed by atoms with E-state index >= 15 is 0 Å². The SMILES string of the molecule is Cc1cc(-c2cc(Cl)ccc2CN)c(F)cc1F. The highest BCUT2D eigenvalue weighted by molar-refractivity contribution is 6.30. The highest BCUT2D eigenvalue weighted by atomic mass is 35.5. The molecule has 0 aliphatic carbocycles. The van der Waals surface area contributed by atoms with Crippen molar-refractivity contribution in [3.63, 3.8) is 0 Å². The topological polar surface area (TPSA) is 26.0 Å². The molecular formula is C14H12ClF2N.